The lowest BCUT2D eigenvalue weighted by molar-refractivity contribution is -0.534. The van der Waals surface area contributed by atoms with Crippen LogP contribution in [0.3, 0.4) is 0 Å². The third-order valence-corrected chi connectivity index (χ3v) is 5.49. The predicted octanol–water partition coefficient (Wildman–Crippen LogP) is 4.87. The molecule has 0 amide bonds. The minimum absolute atomic E-state index is 0.156. The van der Waals surface area contributed by atoms with Crippen molar-refractivity contribution in [2.75, 3.05) is 0 Å². The summed E-state index contributed by atoms with van der Waals surface area (Å²) in [5, 5.41) is 11.8. The zero-order valence-corrected chi connectivity index (χ0v) is 15.1. The molecule has 0 saturated carbocycles. The molecule has 5 heteroatoms. The topological polar surface area (TPSA) is 60.2 Å². The summed E-state index contributed by atoms with van der Waals surface area (Å²) in [6.45, 7) is 0. The molecule has 0 spiro atoms. The molecule has 0 bridgehead atoms. The Balaban J connectivity index is 2.09. The van der Waals surface area contributed by atoms with Crippen LogP contribution < -0.4 is 0 Å². The van der Waals surface area contributed by atoms with Crippen molar-refractivity contribution in [1.29, 1.82) is 0 Å². The first-order chi connectivity index (χ1) is 12.1. The van der Waals surface area contributed by atoms with Crippen molar-refractivity contribution in [3.63, 3.8) is 0 Å². The van der Waals surface area contributed by atoms with E-state index in [4.69, 9.17) is 0 Å². The largest absolute Gasteiger partial charge is 0.303 e. The molecule has 3 rings (SSSR count). The molecular weight excluding hydrogens is 382 g/mol. The molecule has 0 N–H and O–H groups in total. The molecule has 0 saturated heterocycles. The molecular formula is C20H18BrNO3. The van der Waals surface area contributed by atoms with Gasteiger partial charge in [0.05, 0.1) is 11.8 Å². The summed E-state index contributed by atoms with van der Waals surface area (Å²) in [6, 6.07) is 16.7. The average Bonchev–Trinajstić information content (AvgIpc) is 2.62. The van der Waals surface area contributed by atoms with E-state index in [0.717, 1.165) is 27.5 Å². The van der Waals surface area contributed by atoms with Crippen LogP contribution in [0.5, 0.6) is 0 Å². The van der Waals surface area contributed by atoms with Crippen LogP contribution in [0.25, 0.3) is 5.57 Å². The predicted molar refractivity (Wildman–Crippen MR) is 101 cm³/mol. The maximum absolute atomic E-state index is 11.8. The summed E-state index contributed by atoms with van der Waals surface area (Å²) in [6.07, 6.45) is 3.43. The van der Waals surface area contributed by atoms with Crippen molar-refractivity contribution < 1.29 is 9.72 Å². The van der Waals surface area contributed by atoms with Gasteiger partial charge in [0, 0.05) is 15.8 Å². The quantitative estimate of drug-likeness (QED) is 0.409. The Kier molecular flexibility index (Phi) is 5.43. The first-order valence-electron chi connectivity index (χ1n) is 8.19. The molecule has 0 radical (unpaired) electrons. The minimum Gasteiger partial charge on any atom is -0.303 e. The monoisotopic (exact) mass is 399 g/mol. The zero-order chi connectivity index (χ0) is 17.8. The van der Waals surface area contributed by atoms with Crippen molar-refractivity contribution >= 4 is 27.8 Å². The van der Waals surface area contributed by atoms with Gasteiger partial charge in [0.2, 0.25) is 6.04 Å². The van der Waals surface area contributed by atoms with Gasteiger partial charge in [0.1, 0.15) is 6.29 Å². The molecule has 0 heterocycles. The summed E-state index contributed by atoms with van der Waals surface area (Å²) < 4.78 is 0.867. The van der Waals surface area contributed by atoms with Gasteiger partial charge in [-0.2, -0.15) is 0 Å². The normalized spacial score (nSPS) is 22.9. The van der Waals surface area contributed by atoms with Crippen LogP contribution in [0.4, 0.5) is 0 Å². The molecule has 4 nitrogen and oxygen atoms in total. The second kappa shape index (κ2) is 7.74. The number of hydrogen-bond donors (Lipinski definition) is 0. The molecule has 0 aliphatic heterocycles. The molecule has 1 aliphatic carbocycles. The molecule has 25 heavy (non-hydrogen) atoms. The van der Waals surface area contributed by atoms with Gasteiger partial charge >= 0.3 is 0 Å². The summed E-state index contributed by atoms with van der Waals surface area (Å²) in [7, 11) is 0. The Morgan fingerprint density at radius 3 is 2.44 bits per heavy atom. The Morgan fingerprint density at radius 1 is 1.12 bits per heavy atom. The lowest BCUT2D eigenvalue weighted by Crippen LogP contribution is -2.37. The summed E-state index contributed by atoms with van der Waals surface area (Å²) in [4.78, 5) is 22.7. The van der Waals surface area contributed by atoms with Crippen LogP contribution in [-0.2, 0) is 4.79 Å². The second-order valence-corrected chi connectivity index (χ2v) is 7.09. The van der Waals surface area contributed by atoms with Gasteiger partial charge in [-0.25, -0.2) is 0 Å². The van der Waals surface area contributed by atoms with E-state index in [1.54, 1.807) is 0 Å². The molecule has 0 unspecified atom stereocenters. The number of halogens is 1. The summed E-state index contributed by atoms with van der Waals surface area (Å²) >= 11 is 3.53. The molecule has 1 aliphatic rings. The summed E-state index contributed by atoms with van der Waals surface area (Å²) in [5.41, 5.74) is 3.03. The maximum atomic E-state index is 11.8. The van der Waals surface area contributed by atoms with Gasteiger partial charge in [-0.1, -0.05) is 70.5 Å². The van der Waals surface area contributed by atoms with Crippen molar-refractivity contribution in [3.8, 4) is 0 Å². The lowest BCUT2D eigenvalue weighted by Gasteiger charge is -2.32. The molecule has 2 aromatic carbocycles. The van der Waals surface area contributed by atoms with Crippen molar-refractivity contribution in [2.24, 2.45) is 5.92 Å². The zero-order valence-electron chi connectivity index (χ0n) is 13.5. The van der Waals surface area contributed by atoms with Gasteiger partial charge in [-0.05, 0) is 29.2 Å². The van der Waals surface area contributed by atoms with Crippen LogP contribution in [0, 0.1) is 16.0 Å². The van der Waals surface area contributed by atoms with Gasteiger partial charge in [0.25, 0.3) is 0 Å². The SMILES string of the molecule is O=CC[C@@H]1C=C(c2ccccc2)C[C@H](c2ccccc2Br)[C@H]1[N+](=O)[O-]. The van der Waals surface area contributed by atoms with E-state index < -0.39 is 12.0 Å². The number of rotatable bonds is 5. The number of nitrogens with zero attached hydrogens (tertiary/aromatic N) is 1. The highest BCUT2D eigenvalue weighted by atomic mass is 79.9. The van der Waals surface area contributed by atoms with E-state index in [1.807, 2.05) is 60.7 Å². The van der Waals surface area contributed by atoms with Gasteiger partial charge < -0.3 is 4.79 Å². The van der Waals surface area contributed by atoms with Gasteiger partial charge in [0.15, 0.2) is 0 Å². The fourth-order valence-electron chi connectivity index (χ4n) is 3.64. The number of benzene rings is 2. The van der Waals surface area contributed by atoms with Crippen LogP contribution in [0.2, 0.25) is 0 Å². The Labute approximate surface area is 154 Å². The van der Waals surface area contributed by atoms with Crippen LogP contribution in [0.1, 0.15) is 29.9 Å². The molecule has 3 atom stereocenters. The number of nitro groups is 1. The van der Waals surface area contributed by atoms with Crippen molar-refractivity contribution in [2.45, 2.75) is 24.8 Å². The molecule has 128 valence electrons. The van der Waals surface area contributed by atoms with E-state index in [0.29, 0.717) is 6.42 Å². The number of aldehydes is 1. The number of carbonyl (C=O) groups is 1. The van der Waals surface area contributed by atoms with E-state index >= 15 is 0 Å². The lowest BCUT2D eigenvalue weighted by atomic mass is 9.72. The second-order valence-electron chi connectivity index (χ2n) is 6.23. The minimum atomic E-state index is -0.809. The van der Waals surface area contributed by atoms with Gasteiger partial charge in [-0.3, -0.25) is 10.1 Å². The highest BCUT2D eigenvalue weighted by molar-refractivity contribution is 9.10. The van der Waals surface area contributed by atoms with Crippen molar-refractivity contribution in [1.82, 2.24) is 0 Å². The van der Waals surface area contributed by atoms with E-state index in [1.165, 1.54) is 0 Å². The van der Waals surface area contributed by atoms with E-state index in [2.05, 4.69) is 15.9 Å². The first-order valence-corrected chi connectivity index (χ1v) is 8.98. The van der Waals surface area contributed by atoms with Crippen molar-refractivity contribution in [3.05, 3.63) is 86.4 Å². The Hall–Kier alpha value is -2.27. The fraction of sp³-hybridized carbons (Fsp3) is 0.250. The standard InChI is InChI=1S/C20H18BrNO3/c21-19-9-5-4-8-17(19)18-13-16(14-6-2-1-3-7-14)12-15(10-11-23)20(18)22(24)25/h1-9,11-12,15,18,20H,10,13H2/t15-,18-,20+/m1/s1. The van der Waals surface area contributed by atoms with E-state index in [-0.39, 0.29) is 17.3 Å². The Bertz CT molecular complexity index is 804. The van der Waals surface area contributed by atoms with Crippen LogP contribution in [-0.4, -0.2) is 17.3 Å². The average molecular weight is 400 g/mol. The third kappa shape index (κ3) is 3.71. The smallest absolute Gasteiger partial charge is 0.226 e. The highest BCUT2D eigenvalue weighted by Crippen LogP contribution is 2.43. The molecule has 0 aromatic heterocycles. The number of hydrogen-bond acceptors (Lipinski definition) is 3. The summed E-state index contributed by atoms with van der Waals surface area (Å²) in [5.74, 6) is -0.690. The maximum Gasteiger partial charge on any atom is 0.226 e. The highest BCUT2D eigenvalue weighted by Gasteiger charge is 2.43. The first kappa shape index (κ1) is 17.5. The Morgan fingerprint density at radius 2 is 1.80 bits per heavy atom. The number of carbonyl (C=O) groups excluding carboxylic acids is 1. The van der Waals surface area contributed by atoms with Crippen LogP contribution >= 0.6 is 15.9 Å². The van der Waals surface area contributed by atoms with Crippen LogP contribution in [0.15, 0.2) is 65.1 Å². The number of allylic oxidation sites excluding steroid dienone is 1. The fourth-order valence-corrected chi connectivity index (χ4v) is 4.22. The molecule has 2 aromatic rings. The van der Waals surface area contributed by atoms with Gasteiger partial charge in [-0.15, -0.1) is 0 Å². The third-order valence-electron chi connectivity index (χ3n) is 4.77. The van der Waals surface area contributed by atoms with E-state index in [9.17, 15) is 14.9 Å². The molecule has 0 fully saturated rings.